The maximum atomic E-state index is 11.1. The van der Waals surface area contributed by atoms with Gasteiger partial charge in [0.1, 0.15) is 17.3 Å². The molecule has 0 saturated carbocycles. The molecule has 1 N–H and O–H groups in total. The molecule has 94 valence electrons. The summed E-state index contributed by atoms with van der Waals surface area (Å²) in [6.07, 6.45) is 0. The first-order chi connectivity index (χ1) is 9.11. The molecule has 0 amide bonds. The third-order valence-electron chi connectivity index (χ3n) is 2.64. The van der Waals surface area contributed by atoms with E-state index in [0.29, 0.717) is 5.69 Å². The zero-order chi connectivity index (χ0) is 13.8. The minimum absolute atomic E-state index is 0.0441. The Kier molecular flexibility index (Phi) is 3.44. The van der Waals surface area contributed by atoms with Gasteiger partial charge in [-0.3, -0.25) is 10.1 Å². The van der Waals surface area contributed by atoms with Gasteiger partial charge in [-0.05, 0) is 36.8 Å². The Labute approximate surface area is 110 Å². The van der Waals surface area contributed by atoms with E-state index in [9.17, 15) is 10.1 Å². The van der Waals surface area contributed by atoms with Crippen LogP contribution in [-0.2, 0) is 0 Å². The monoisotopic (exact) mass is 253 g/mol. The lowest BCUT2D eigenvalue weighted by atomic mass is 10.1. The summed E-state index contributed by atoms with van der Waals surface area (Å²) in [7, 11) is 0. The van der Waals surface area contributed by atoms with Crippen molar-refractivity contribution in [3.8, 4) is 6.07 Å². The van der Waals surface area contributed by atoms with Crippen LogP contribution in [0.4, 0.5) is 17.1 Å². The maximum absolute atomic E-state index is 11.1. The lowest BCUT2D eigenvalue weighted by Crippen LogP contribution is -1.99. The normalized spacial score (nSPS) is 9.68. The van der Waals surface area contributed by atoms with Gasteiger partial charge in [-0.1, -0.05) is 18.2 Å². The molecule has 0 bridgehead atoms. The molecule has 2 aromatic rings. The van der Waals surface area contributed by atoms with Crippen molar-refractivity contribution in [1.29, 1.82) is 5.26 Å². The Morgan fingerprint density at radius 3 is 2.63 bits per heavy atom. The summed E-state index contributed by atoms with van der Waals surface area (Å²) in [5, 5.41) is 23.0. The molecule has 0 fully saturated rings. The van der Waals surface area contributed by atoms with E-state index in [1.807, 2.05) is 37.3 Å². The van der Waals surface area contributed by atoms with Gasteiger partial charge in [0.2, 0.25) is 0 Å². The number of aryl methyl sites for hydroxylation is 1. The number of anilines is 2. The zero-order valence-electron chi connectivity index (χ0n) is 10.3. The lowest BCUT2D eigenvalue weighted by molar-refractivity contribution is -0.384. The Bertz CT molecular complexity index is 675. The van der Waals surface area contributed by atoms with Gasteiger partial charge in [-0.2, -0.15) is 5.26 Å². The fourth-order valence-electron chi connectivity index (χ4n) is 1.81. The molecule has 0 aliphatic rings. The Morgan fingerprint density at radius 2 is 2.00 bits per heavy atom. The number of benzene rings is 2. The van der Waals surface area contributed by atoms with Crippen molar-refractivity contribution in [2.45, 2.75) is 6.92 Å². The molecule has 0 aliphatic heterocycles. The van der Waals surface area contributed by atoms with E-state index in [1.54, 1.807) is 12.1 Å². The minimum atomic E-state index is -0.545. The van der Waals surface area contributed by atoms with Crippen LogP contribution in [0.1, 0.15) is 11.1 Å². The average Bonchev–Trinajstić information content (AvgIpc) is 2.38. The summed E-state index contributed by atoms with van der Waals surface area (Å²) in [5.41, 5.74) is 1.95. The van der Waals surface area contributed by atoms with E-state index < -0.39 is 4.92 Å². The number of hydrogen-bond acceptors (Lipinski definition) is 4. The SMILES string of the molecule is Cc1cccc(Nc2cccc(C#N)c2[N+](=O)[O-])c1. The first-order valence-corrected chi connectivity index (χ1v) is 5.63. The second kappa shape index (κ2) is 5.19. The quantitative estimate of drug-likeness (QED) is 0.670. The first kappa shape index (κ1) is 12.6. The van der Waals surface area contributed by atoms with Crippen molar-refractivity contribution in [1.82, 2.24) is 0 Å². The zero-order valence-corrected chi connectivity index (χ0v) is 10.3. The summed E-state index contributed by atoms with van der Waals surface area (Å²) in [6, 6.07) is 13.9. The van der Waals surface area contributed by atoms with Crippen LogP contribution in [0.5, 0.6) is 0 Å². The third kappa shape index (κ3) is 2.69. The van der Waals surface area contributed by atoms with Crippen molar-refractivity contribution in [3.05, 3.63) is 63.7 Å². The number of nitrogens with zero attached hydrogens (tertiary/aromatic N) is 2. The third-order valence-corrected chi connectivity index (χ3v) is 2.64. The van der Waals surface area contributed by atoms with Crippen LogP contribution in [0, 0.1) is 28.4 Å². The van der Waals surface area contributed by atoms with E-state index in [2.05, 4.69) is 5.32 Å². The smallest absolute Gasteiger partial charge is 0.310 e. The largest absolute Gasteiger partial charge is 0.350 e. The number of nitro groups is 1. The number of nitriles is 1. The van der Waals surface area contributed by atoms with Crippen LogP contribution >= 0.6 is 0 Å². The molecular formula is C14H11N3O2. The summed E-state index contributed by atoms with van der Waals surface area (Å²) < 4.78 is 0. The molecule has 0 unspecified atom stereocenters. The maximum Gasteiger partial charge on any atom is 0.310 e. The summed E-state index contributed by atoms with van der Waals surface area (Å²) in [5.74, 6) is 0. The van der Waals surface area contributed by atoms with Crippen molar-refractivity contribution < 1.29 is 4.92 Å². The van der Waals surface area contributed by atoms with Crippen molar-refractivity contribution >= 4 is 17.1 Å². The van der Waals surface area contributed by atoms with Gasteiger partial charge < -0.3 is 5.32 Å². The van der Waals surface area contributed by atoms with E-state index in [-0.39, 0.29) is 11.3 Å². The Morgan fingerprint density at radius 1 is 1.26 bits per heavy atom. The summed E-state index contributed by atoms with van der Waals surface area (Å²) in [6.45, 7) is 1.94. The molecule has 0 spiro atoms. The van der Waals surface area contributed by atoms with Crippen LogP contribution in [0.2, 0.25) is 0 Å². The van der Waals surface area contributed by atoms with Gasteiger partial charge in [0.15, 0.2) is 0 Å². The second-order valence-corrected chi connectivity index (χ2v) is 4.07. The molecule has 2 rings (SSSR count). The van der Waals surface area contributed by atoms with Gasteiger partial charge in [0.25, 0.3) is 0 Å². The number of nitro benzene ring substituents is 1. The van der Waals surface area contributed by atoms with Gasteiger partial charge in [0, 0.05) is 5.69 Å². The first-order valence-electron chi connectivity index (χ1n) is 5.63. The second-order valence-electron chi connectivity index (χ2n) is 4.07. The number of nitrogens with one attached hydrogen (secondary N) is 1. The highest BCUT2D eigenvalue weighted by Gasteiger charge is 2.19. The molecule has 0 radical (unpaired) electrons. The van der Waals surface area contributed by atoms with E-state index in [1.165, 1.54) is 6.07 Å². The van der Waals surface area contributed by atoms with Crippen LogP contribution in [0.15, 0.2) is 42.5 Å². The predicted molar refractivity (Wildman–Crippen MR) is 72.3 cm³/mol. The topological polar surface area (TPSA) is 79.0 Å². The highest BCUT2D eigenvalue weighted by atomic mass is 16.6. The Hall–Kier alpha value is -2.87. The van der Waals surface area contributed by atoms with Gasteiger partial charge in [-0.15, -0.1) is 0 Å². The molecule has 0 heterocycles. The summed E-state index contributed by atoms with van der Waals surface area (Å²) in [4.78, 5) is 10.5. The van der Waals surface area contributed by atoms with Crippen LogP contribution < -0.4 is 5.32 Å². The molecule has 5 heteroatoms. The van der Waals surface area contributed by atoms with Gasteiger partial charge in [0.05, 0.1) is 4.92 Å². The number of hydrogen-bond donors (Lipinski definition) is 1. The molecule has 0 saturated heterocycles. The lowest BCUT2D eigenvalue weighted by Gasteiger charge is -2.08. The average molecular weight is 253 g/mol. The highest BCUT2D eigenvalue weighted by Crippen LogP contribution is 2.30. The molecule has 0 atom stereocenters. The minimum Gasteiger partial charge on any atom is -0.350 e. The Balaban J connectivity index is 2.46. The standard InChI is InChI=1S/C14H11N3O2/c1-10-4-2-6-12(8-10)16-13-7-3-5-11(9-15)14(13)17(18)19/h2-8,16H,1H3. The molecule has 19 heavy (non-hydrogen) atoms. The van der Waals surface area contributed by atoms with Crippen LogP contribution in [0.3, 0.4) is 0 Å². The van der Waals surface area contributed by atoms with E-state index in [0.717, 1.165) is 11.3 Å². The fraction of sp³-hybridized carbons (Fsp3) is 0.0714. The molecule has 0 aliphatic carbocycles. The van der Waals surface area contributed by atoms with Crippen molar-refractivity contribution in [2.24, 2.45) is 0 Å². The highest BCUT2D eigenvalue weighted by molar-refractivity contribution is 5.74. The van der Waals surface area contributed by atoms with Crippen LogP contribution in [-0.4, -0.2) is 4.92 Å². The number of para-hydroxylation sites is 1. The molecular weight excluding hydrogens is 242 g/mol. The molecule has 5 nitrogen and oxygen atoms in total. The van der Waals surface area contributed by atoms with Gasteiger partial charge >= 0.3 is 5.69 Å². The number of rotatable bonds is 3. The molecule has 0 aromatic heterocycles. The molecule has 2 aromatic carbocycles. The van der Waals surface area contributed by atoms with Gasteiger partial charge in [-0.25, -0.2) is 0 Å². The van der Waals surface area contributed by atoms with E-state index >= 15 is 0 Å². The van der Waals surface area contributed by atoms with E-state index in [4.69, 9.17) is 5.26 Å². The van der Waals surface area contributed by atoms with Crippen LogP contribution in [0.25, 0.3) is 0 Å². The van der Waals surface area contributed by atoms with Crippen molar-refractivity contribution in [3.63, 3.8) is 0 Å². The predicted octanol–water partition coefficient (Wildman–Crippen LogP) is 3.52. The van der Waals surface area contributed by atoms with Crippen molar-refractivity contribution in [2.75, 3.05) is 5.32 Å². The fourth-order valence-corrected chi connectivity index (χ4v) is 1.81. The summed E-state index contributed by atoms with van der Waals surface area (Å²) >= 11 is 0.